The molecule has 1 N–H and O–H groups in total. The maximum atomic E-state index is 12.8. The molecule has 0 saturated heterocycles. The molecule has 1 atom stereocenters. The number of rotatable bonds is 10. The molecule has 0 heterocycles. The van der Waals surface area contributed by atoms with E-state index in [1.807, 2.05) is 27.7 Å². The van der Waals surface area contributed by atoms with Crippen molar-refractivity contribution in [2.75, 3.05) is 11.9 Å². The molecule has 0 aliphatic rings. The second kappa shape index (κ2) is 10.0. The fourth-order valence-corrected chi connectivity index (χ4v) is 2.41. The maximum absolute atomic E-state index is 12.8. The average Bonchev–Trinajstić information content (AvgIpc) is 2.58. The van der Waals surface area contributed by atoms with Crippen LogP contribution in [0.5, 0.6) is 5.75 Å². The lowest BCUT2D eigenvalue weighted by Gasteiger charge is -2.28. The fourth-order valence-electron chi connectivity index (χ4n) is 2.41. The number of nitrogens with zero attached hydrogens (tertiary/aromatic N) is 1. The largest absolute Gasteiger partial charge is 0.490 e. The van der Waals surface area contributed by atoms with Crippen molar-refractivity contribution in [2.24, 2.45) is 0 Å². The van der Waals surface area contributed by atoms with Gasteiger partial charge in [0.05, 0.1) is 11.7 Å². The number of nitriles is 1. The first-order chi connectivity index (χ1) is 11.9. The molecular formula is C20H30N2O3. The summed E-state index contributed by atoms with van der Waals surface area (Å²) in [5.41, 5.74) is 0.100. The zero-order valence-corrected chi connectivity index (χ0v) is 16.0. The van der Waals surface area contributed by atoms with Gasteiger partial charge in [0, 0.05) is 12.3 Å². The molecule has 1 aromatic carbocycles. The van der Waals surface area contributed by atoms with Gasteiger partial charge in [-0.25, -0.2) is 0 Å². The number of carbonyl (C=O) groups is 1. The minimum absolute atomic E-state index is 0.0210. The van der Waals surface area contributed by atoms with Gasteiger partial charge in [-0.05, 0) is 51.8 Å². The summed E-state index contributed by atoms with van der Waals surface area (Å²) < 4.78 is 11.5. The maximum Gasteiger partial charge on any atom is 0.256 e. The van der Waals surface area contributed by atoms with Crippen LogP contribution in [0.15, 0.2) is 18.2 Å². The predicted octanol–water partition coefficient (Wildman–Crippen LogP) is 4.66. The number of hydrogen-bond donors (Lipinski definition) is 1. The number of nitrogens with one attached hydrogen (secondary N) is 1. The van der Waals surface area contributed by atoms with Gasteiger partial charge in [-0.15, -0.1) is 0 Å². The molecule has 0 radical (unpaired) electrons. The van der Waals surface area contributed by atoms with Crippen molar-refractivity contribution in [1.82, 2.24) is 0 Å². The lowest BCUT2D eigenvalue weighted by Crippen LogP contribution is -2.43. The summed E-state index contributed by atoms with van der Waals surface area (Å²) >= 11 is 0. The second-order valence-electron chi connectivity index (χ2n) is 6.63. The van der Waals surface area contributed by atoms with E-state index in [1.54, 1.807) is 18.2 Å². The number of unbranched alkanes of at least 4 members (excludes halogenated alkanes) is 1. The van der Waals surface area contributed by atoms with Gasteiger partial charge in [0.1, 0.15) is 17.4 Å². The Morgan fingerprint density at radius 1 is 1.32 bits per heavy atom. The van der Waals surface area contributed by atoms with Gasteiger partial charge in [-0.2, -0.15) is 5.26 Å². The summed E-state index contributed by atoms with van der Waals surface area (Å²) in [5, 5.41) is 12.2. The summed E-state index contributed by atoms with van der Waals surface area (Å²) in [7, 11) is 0. The topological polar surface area (TPSA) is 71.3 Å². The Hall–Kier alpha value is -2.06. The van der Waals surface area contributed by atoms with Gasteiger partial charge in [-0.3, -0.25) is 4.79 Å². The van der Waals surface area contributed by atoms with Crippen LogP contribution >= 0.6 is 0 Å². The molecule has 0 aliphatic carbocycles. The zero-order chi connectivity index (χ0) is 18.9. The van der Waals surface area contributed by atoms with Crippen molar-refractivity contribution in [3.63, 3.8) is 0 Å². The molecule has 1 aromatic rings. The van der Waals surface area contributed by atoms with Gasteiger partial charge >= 0.3 is 0 Å². The van der Waals surface area contributed by atoms with E-state index in [1.165, 1.54) is 0 Å². The first-order valence-electron chi connectivity index (χ1n) is 9.02. The van der Waals surface area contributed by atoms with Crippen molar-refractivity contribution in [2.45, 2.75) is 72.0 Å². The van der Waals surface area contributed by atoms with Crippen molar-refractivity contribution >= 4 is 11.6 Å². The standard InChI is InChI=1S/C20H30N2O3/c1-6-8-11-20(5,24-12-7-2)19(23)22-17-9-10-18(25-15(3)4)16(13-17)14-21/h9-10,13,15H,6-8,11-12H2,1-5H3,(H,22,23)/t20-/m1/s1. The van der Waals surface area contributed by atoms with E-state index in [0.29, 0.717) is 30.0 Å². The number of ether oxygens (including phenoxy) is 2. The van der Waals surface area contributed by atoms with Crippen LogP contribution in [0.3, 0.4) is 0 Å². The highest BCUT2D eigenvalue weighted by Crippen LogP contribution is 2.26. The number of benzene rings is 1. The summed E-state index contributed by atoms with van der Waals surface area (Å²) in [6.45, 7) is 10.3. The van der Waals surface area contributed by atoms with Crippen LogP contribution in [0, 0.1) is 11.3 Å². The van der Waals surface area contributed by atoms with Crippen LogP contribution in [0.1, 0.15) is 65.9 Å². The smallest absolute Gasteiger partial charge is 0.256 e. The first kappa shape index (κ1) is 21.0. The summed E-state index contributed by atoms with van der Waals surface area (Å²) in [6, 6.07) is 7.21. The van der Waals surface area contributed by atoms with E-state index in [9.17, 15) is 10.1 Å². The lowest BCUT2D eigenvalue weighted by molar-refractivity contribution is -0.140. The number of carbonyl (C=O) groups excluding carboxylic acids is 1. The van der Waals surface area contributed by atoms with Gasteiger partial charge in [0.25, 0.3) is 5.91 Å². The average molecular weight is 346 g/mol. The van der Waals surface area contributed by atoms with Crippen LogP contribution in [0.25, 0.3) is 0 Å². The Kier molecular flexibility index (Phi) is 8.44. The number of amides is 1. The Balaban J connectivity index is 2.94. The Bertz CT molecular complexity index is 597. The molecule has 0 aromatic heterocycles. The highest BCUT2D eigenvalue weighted by Gasteiger charge is 2.33. The zero-order valence-electron chi connectivity index (χ0n) is 16.0. The molecular weight excluding hydrogens is 316 g/mol. The predicted molar refractivity (Wildman–Crippen MR) is 99.7 cm³/mol. The van der Waals surface area contributed by atoms with Crippen molar-refractivity contribution < 1.29 is 14.3 Å². The van der Waals surface area contributed by atoms with Crippen LogP contribution in [0.4, 0.5) is 5.69 Å². The quantitative estimate of drug-likeness (QED) is 0.669. The molecule has 25 heavy (non-hydrogen) atoms. The number of hydrogen-bond acceptors (Lipinski definition) is 4. The Morgan fingerprint density at radius 3 is 2.60 bits per heavy atom. The summed E-state index contributed by atoms with van der Waals surface area (Å²) in [4.78, 5) is 12.8. The summed E-state index contributed by atoms with van der Waals surface area (Å²) in [6.07, 6.45) is 3.41. The Labute approximate surface area is 151 Å². The fraction of sp³-hybridized carbons (Fsp3) is 0.600. The monoisotopic (exact) mass is 346 g/mol. The third kappa shape index (κ3) is 6.39. The molecule has 5 nitrogen and oxygen atoms in total. The van der Waals surface area contributed by atoms with Gasteiger partial charge in [-0.1, -0.05) is 26.7 Å². The third-order valence-electron chi connectivity index (χ3n) is 3.83. The lowest BCUT2D eigenvalue weighted by atomic mass is 9.97. The molecule has 0 spiro atoms. The Morgan fingerprint density at radius 2 is 2.04 bits per heavy atom. The first-order valence-corrected chi connectivity index (χ1v) is 9.02. The van der Waals surface area contributed by atoms with Gasteiger partial charge < -0.3 is 14.8 Å². The normalized spacial score (nSPS) is 13.2. The van der Waals surface area contributed by atoms with E-state index in [0.717, 1.165) is 19.3 Å². The second-order valence-corrected chi connectivity index (χ2v) is 6.63. The van der Waals surface area contributed by atoms with Crippen molar-refractivity contribution in [3.05, 3.63) is 23.8 Å². The van der Waals surface area contributed by atoms with E-state index in [-0.39, 0.29) is 12.0 Å². The van der Waals surface area contributed by atoms with Crippen molar-refractivity contribution in [3.8, 4) is 11.8 Å². The molecule has 1 rings (SSSR count). The van der Waals surface area contributed by atoms with Crippen LogP contribution in [-0.4, -0.2) is 24.2 Å². The summed E-state index contributed by atoms with van der Waals surface area (Å²) in [5.74, 6) is 0.335. The highest BCUT2D eigenvalue weighted by molar-refractivity contribution is 5.97. The molecule has 138 valence electrons. The van der Waals surface area contributed by atoms with Crippen LogP contribution in [0.2, 0.25) is 0 Å². The highest BCUT2D eigenvalue weighted by atomic mass is 16.5. The molecule has 0 unspecified atom stereocenters. The molecule has 0 bridgehead atoms. The van der Waals surface area contributed by atoms with E-state index in [2.05, 4.69) is 18.3 Å². The molecule has 0 fully saturated rings. The molecule has 0 aliphatic heterocycles. The van der Waals surface area contributed by atoms with E-state index >= 15 is 0 Å². The van der Waals surface area contributed by atoms with Gasteiger partial charge in [0.2, 0.25) is 0 Å². The van der Waals surface area contributed by atoms with Crippen LogP contribution < -0.4 is 10.1 Å². The molecule has 5 heteroatoms. The van der Waals surface area contributed by atoms with E-state index in [4.69, 9.17) is 9.47 Å². The van der Waals surface area contributed by atoms with E-state index < -0.39 is 5.60 Å². The van der Waals surface area contributed by atoms with Crippen LogP contribution in [-0.2, 0) is 9.53 Å². The molecule has 0 saturated carbocycles. The van der Waals surface area contributed by atoms with Crippen molar-refractivity contribution in [1.29, 1.82) is 5.26 Å². The minimum atomic E-state index is -0.869. The number of anilines is 1. The third-order valence-corrected chi connectivity index (χ3v) is 3.83. The molecule has 1 amide bonds. The SMILES string of the molecule is CCCC[C@@](C)(OCCC)C(=O)Nc1ccc(OC(C)C)c(C#N)c1. The minimum Gasteiger partial charge on any atom is -0.490 e. The van der Waals surface area contributed by atoms with Gasteiger partial charge in [0.15, 0.2) is 0 Å².